The number of carboxylic acid groups (broad SMARTS) is 1. The Kier molecular flexibility index (Phi) is 4.15. The van der Waals surface area contributed by atoms with Crippen LogP contribution in [0, 0.1) is 0 Å². The van der Waals surface area contributed by atoms with Gasteiger partial charge >= 0.3 is 12.0 Å². The zero-order valence-electron chi connectivity index (χ0n) is 8.69. The van der Waals surface area contributed by atoms with Gasteiger partial charge in [-0.15, -0.1) is 0 Å². The van der Waals surface area contributed by atoms with E-state index in [1.165, 1.54) is 0 Å². The Morgan fingerprint density at radius 3 is 2.53 bits per heavy atom. The van der Waals surface area contributed by atoms with E-state index in [1.54, 1.807) is 6.92 Å². The smallest absolute Gasteiger partial charge is 0.326 e. The third-order valence-corrected chi connectivity index (χ3v) is 2.35. The molecule has 0 saturated heterocycles. The van der Waals surface area contributed by atoms with E-state index < -0.39 is 18.0 Å². The van der Waals surface area contributed by atoms with Crippen LogP contribution in [-0.4, -0.2) is 29.2 Å². The Labute approximate surface area is 88.5 Å². The normalized spacial score (nSPS) is 17.4. The van der Waals surface area contributed by atoms with Crippen LogP contribution >= 0.6 is 0 Å². The largest absolute Gasteiger partial charge is 0.480 e. The lowest BCUT2D eigenvalue weighted by Crippen LogP contribution is -2.48. The van der Waals surface area contributed by atoms with E-state index in [2.05, 4.69) is 10.6 Å². The molecule has 1 atom stereocenters. The standard InChI is InChI=1S/C10H16N2O3/c1-2-8(9(13)14)12-10(15)11-7-5-3-4-6-7/h3-4,7-8H,2,5-6H2,1H3,(H,13,14)(H2,11,12,15). The molecule has 0 fully saturated rings. The first kappa shape index (κ1) is 11.6. The third kappa shape index (κ3) is 3.61. The number of carboxylic acids is 1. The Bertz CT molecular complexity index is 268. The fourth-order valence-electron chi connectivity index (χ4n) is 1.46. The van der Waals surface area contributed by atoms with Crippen LogP contribution in [0.15, 0.2) is 12.2 Å². The second-order valence-corrected chi connectivity index (χ2v) is 3.56. The van der Waals surface area contributed by atoms with Crippen molar-refractivity contribution in [1.29, 1.82) is 0 Å². The molecule has 84 valence electrons. The fraction of sp³-hybridized carbons (Fsp3) is 0.600. The molecule has 2 amide bonds. The number of nitrogens with one attached hydrogen (secondary N) is 2. The van der Waals surface area contributed by atoms with Gasteiger partial charge in [0, 0.05) is 6.04 Å². The quantitative estimate of drug-likeness (QED) is 0.605. The molecule has 5 heteroatoms. The summed E-state index contributed by atoms with van der Waals surface area (Å²) < 4.78 is 0. The molecule has 0 aromatic carbocycles. The van der Waals surface area contributed by atoms with Crippen molar-refractivity contribution in [3.63, 3.8) is 0 Å². The van der Waals surface area contributed by atoms with Gasteiger partial charge < -0.3 is 15.7 Å². The topological polar surface area (TPSA) is 78.4 Å². The van der Waals surface area contributed by atoms with Gasteiger partial charge in [-0.1, -0.05) is 19.1 Å². The zero-order valence-corrected chi connectivity index (χ0v) is 8.69. The minimum absolute atomic E-state index is 0.108. The monoisotopic (exact) mass is 212 g/mol. The van der Waals surface area contributed by atoms with Crippen LogP contribution in [0.5, 0.6) is 0 Å². The van der Waals surface area contributed by atoms with Crippen LogP contribution in [0.2, 0.25) is 0 Å². The second kappa shape index (κ2) is 5.38. The number of hydrogen-bond donors (Lipinski definition) is 3. The van der Waals surface area contributed by atoms with E-state index in [9.17, 15) is 9.59 Å². The molecule has 5 nitrogen and oxygen atoms in total. The molecule has 1 rings (SSSR count). The van der Waals surface area contributed by atoms with Crippen LogP contribution in [0.1, 0.15) is 26.2 Å². The maximum absolute atomic E-state index is 11.4. The molecule has 0 radical (unpaired) electrons. The highest BCUT2D eigenvalue weighted by molar-refractivity contribution is 5.82. The Hall–Kier alpha value is -1.52. The van der Waals surface area contributed by atoms with Gasteiger partial charge in [0.05, 0.1) is 0 Å². The third-order valence-electron chi connectivity index (χ3n) is 2.35. The molecule has 0 aliphatic heterocycles. The summed E-state index contributed by atoms with van der Waals surface area (Å²) in [6, 6.07) is -1.10. The lowest BCUT2D eigenvalue weighted by molar-refractivity contribution is -0.139. The molecule has 0 saturated carbocycles. The molecule has 1 aliphatic carbocycles. The first-order valence-corrected chi connectivity index (χ1v) is 5.08. The summed E-state index contributed by atoms with van der Waals surface area (Å²) in [5.41, 5.74) is 0. The predicted molar refractivity (Wildman–Crippen MR) is 55.5 cm³/mol. The summed E-state index contributed by atoms with van der Waals surface area (Å²) >= 11 is 0. The van der Waals surface area contributed by atoms with Crippen molar-refractivity contribution < 1.29 is 14.7 Å². The predicted octanol–water partition coefficient (Wildman–Crippen LogP) is 0.867. The highest BCUT2D eigenvalue weighted by atomic mass is 16.4. The first-order valence-electron chi connectivity index (χ1n) is 5.08. The van der Waals surface area contributed by atoms with Crippen LogP contribution in [-0.2, 0) is 4.79 Å². The molecule has 0 bridgehead atoms. The average molecular weight is 212 g/mol. The SMILES string of the molecule is CCC(NC(=O)NC1CC=CC1)C(=O)O. The summed E-state index contributed by atoms with van der Waals surface area (Å²) in [5, 5.41) is 13.9. The van der Waals surface area contributed by atoms with Gasteiger partial charge in [0.15, 0.2) is 0 Å². The van der Waals surface area contributed by atoms with Crippen molar-refractivity contribution in [3.05, 3.63) is 12.2 Å². The second-order valence-electron chi connectivity index (χ2n) is 3.56. The van der Waals surface area contributed by atoms with Crippen LogP contribution in [0.4, 0.5) is 4.79 Å². The number of rotatable bonds is 4. The number of aliphatic carboxylic acids is 1. The van der Waals surface area contributed by atoms with Crippen molar-refractivity contribution in [2.45, 2.75) is 38.3 Å². The van der Waals surface area contributed by atoms with Crippen LogP contribution < -0.4 is 10.6 Å². The Morgan fingerprint density at radius 1 is 1.47 bits per heavy atom. The number of carbonyl (C=O) groups excluding carboxylic acids is 1. The molecule has 0 aromatic heterocycles. The molecular formula is C10H16N2O3. The number of amides is 2. The molecular weight excluding hydrogens is 196 g/mol. The van der Waals surface area contributed by atoms with Gasteiger partial charge in [-0.05, 0) is 19.3 Å². The Balaban J connectivity index is 2.30. The van der Waals surface area contributed by atoms with Crippen molar-refractivity contribution >= 4 is 12.0 Å². The highest BCUT2D eigenvalue weighted by Crippen LogP contribution is 2.08. The zero-order chi connectivity index (χ0) is 11.3. The molecule has 15 heavy (non-hydrogen) atoms. The lowest BCUT2D eigenvalue weighted by atomic mass is 10.2. The van der Waals surface area contributed by atoms with E-state index in [4.69, 9.17) is 5.11 Å². The number of urea groups is 1. The van der Waals surface area contributed by atoms with Gasteiger partial charge in [-0.25, -0.2) is 9.59 Å². The highest BCUT2D eigenvalue weighted by Gasteiger charge is 2.19. The first-order chi connectivity index (χ1) is 7.13. The number of carbonyl (C=O) groups is 2. The number of hydrogen-bond acceptors (Lipinski definition) is 2. The molecule has 3 N–H and O–H groups in total. The molecule has 0 aromatic rings. The molecule has 0 heterocycles. The van der Waals surface area contributed by atoms with E-state index in [-0.39, 0.29) is 6.04 Å². The van der Waals surface area contributed by atoms with E-state index in [0.717, 1.165) is 12.8 Å². The van der Waals surface area contributed by atoms with Crippen LogP contribution in [0.3, 0.4) is 0 Å². The van der Waals surface area contributed by atoms with Crippen molar-refractivity contribution in [2.75, 3.05) is 0 Å². The van der Waals surface area contributed by atoms with Gasteiger partial charge in [-0.2, -0.15) is 0 Å². The van der Waals surface area contributed by atoms with Crippen molar-refractivity contribution in [2.24, 2.45) is 0 Å². The summed E-state index contributed by atoms with van der Waals surface area (Å²) in [4.78, 5) is 22.0. The maximum Gasteiger partial charge on any atom is 0.326 e. The average Bonchev–Trinajstić information content (AvgIpc) is 2.66. The fourth-order valence-corrected chi connectivity index (χ4v) is 1.46. The Morgan fingerprint density at radius 2 is 2.07 bits per heavy atom. The summed E-state index contributed by atoms with van der Waals surface area (Å²) in [6.45, 7) is 1.72. The summed E-state index contributed by atoms with van der Waals surface area (Å²) in [7, 11) is 0. The van der Waals surface area contributed by atoms with Gasteiger partial charge in [0.1, 0.15) is 6.04 Å². The minimum atomic E-state index is -1.00. The van der Waals surface area contributed by atoms with E-state index in [0.29, 0.717) is 6.42 Å². The van der Waals surface area contributed by atoms with Gasteiger partial charge in [0.2, 0.25) is 0 Å². The lowest BCUT2D eigenvalue weighted by Gasteiger charge is -2.16. The van der Waals surface area contributed by atoms with Gasteiger partial charge in [-0.3, -0.25) is 0 Å². The summed E-state index contributed by atoms with van der Waals surface area (Å²) in [5.74, 6) is -1.00. The minimum Gasteiger partial charge on any atom is -0.480 e. The summed E-state index contributed by atoms with van der Waals surface area (Å²) in [6.07, 6.45) is 6.01. The van der Waals surface area contributed by atoms with Crippen molar-refractivity contribution in [3.8, 4) is 0 Å². The van der Waals surface area contributed by atoms with Gasteiger partial charge in [0.25, 0.3) is 0 Å². The molecule has 1 aliphatic rings. The maximum atomic E-state index is 11.4. The molecule has 1 unspecified atom stereocenters. The van der Waals surface area contributed by atoms with Crippen LogP contribution in [0.25, 0.3) is 0 Å². The van der Waals surface area contributed by atoms with E-state index >= 15 is 0 Å². The van der Waals surface area contributed by atoms with Crippen molar-refractivity contribution in [1.82, 2.24) is 10.6 Å². The van der Waals surface area contributed by atoms with E-state index in [1.807, 2.05) is 12.2 Å². The molecule has 0 spiro atoms.